The molecule has 1 fully saturated rings. The number of carbonyl (C=O) groups excluding carboxylic acids is 2. The highest BCUT2D eigenvalue weighted by Crippen LogP contribution is 2.32. The fourth-order valence-electron chi connectivity index (χ4n) is 4.32. The number of rotatable bonds is 9. The molecule has 0 heterocycles. The summed E-state index contributed by atoms with van der Waals surface area (Å²) in [6.07, 6.45) is 6.14. The number of nitrogens with one attached hydrogen (secondary N) is 1. The van der Waals surface area contributed by atoms with Gasteiger partial charge in [0.15, 0.2) is 12.4 Å². The molecule has 4 rings (SSSR count). The summed E-state index contributed by atoms with van der Waals surface area (Å²) in [6.45, 7) is -0.281. The number of ketones is 1. The van der Waals surface area contributed by atoms with Crippen molar-refractivity contribution in [2.75, 3.05) is 6.61 Å². The molecule has 7 heteroatoms. The largest absolute Gasteiger partial charge is 0.454 e. The summed E-state index contributed by atoms with van der Waals surface area (Å²) in [7, 11) is -3.83. The molecule has 0 atom stereocenters. The van der Waals surface area contributed by atoms with Gasteiger partial charge in [0.25, 0.3) is 0 Å². The van der Waals surface area contributed by atoms with Gasteiger partial charge in [0.05, 0.1) is 10.5 Å². The standard InChI is InChI=1S/C28H29NO5S/c30-27(24-16-14-23(15-17-24)22-10-5-2-6-11-22)20-34-28(31)25-12-7-13-26(18-25)35(32,33)29-19-21-8-3-1-4-9-21/h1,3-4,7-9,12-18,22,29H,2,5-6,10-11,19-20H2. The van der Waals surface area contributed by atoms with Crippen LogP contribution in [0.5, 0.6) is 0 Å². The van der Waals surface area contributed by atoms with Gasteiger partial charge in [-0.05, 0) is 48.1 Å². The molecule has 1 aliphatic carbocycles. The van der Waals surface area contributed by atoms with E-state index in [1.54, 1.807) is 12.1 Å². The zero-order chi connectivity index (χ0) is 24.7. The van der Waals surface area contributed by atoms with Gasteiger partial charge in [-0.3, -0.25) is 4.79 Å². The molecule has 0 radical (unpaired) electrons. The van der Waals surface area contributed by atoms with Crippen molar-refractivity contribution in [2.24, 2.45) is 0 Å². The summed E-state index contributed by atoms with van der Waals surface area (Å²) in [5, 5.41) is 0. The average Bonchev–Trinajstić information content (AvgIpc) is 2.91. The molecule has 0 spiro atoms. The number of benzene rings is 3. The maximum absolute atomic E-state index is 12.7. The quantitative estimate of drug-likeness (QED) is 0.326. The molecule has 1 aliphatic rings. The van der Waals surface area contributed by atoms with Gasteiger partial charge in [-0.15, -0.1) is 0 Å². The molecule has 0 bridgehead atoms. The van der Waals surface area contributed by atoms with Crippen LogP contribution in [-0.2, 0) is 21.3 Å². The highest BCUT2D eigenvalue weighted by molar-refractivity contribution is 7.89. The lowest BCUT2D eigenvalue weighted by molar-refractivity contribution is 0.0474. The van der Waals surface area contributed by atoms with Crippen LogP contribution in [-0.4, -0.2) is 26.8 Å². The molecule has 0 aromatic heterocycles. The monoisotopic (exact) mass is 491 g/mol. The first-order valence-electron chi connectivity index (χ1n) is 11.9. The minimum absolute atomic E-state index is 0.0486. The van der Waals surface area contributed by atoms with Crippen LogP contribution in [0, 0.1) is 0 Å². The molecule has 1 N–H and O–H groups in total. The molecule has 0 unspecified atom stereocenters. The first kappa shape index (κ1) is 24.8. The Labute approximate surface area is 206 Å². The molecule has 35 heavy (non-hydrogen) atoms. The molecular formula is C28H29NO5S. The summed E-state index contributed by atoms with van der Waals surface area (Å²) in [5.41, 5.74) is 2.61. The molecule has 1 saturated carbocycles. The fraction of sp³-hybridized carbons (Fsp3) is 0.286. The Kier molecular flexibility index (Phi) is 8.10. The molecule has 0 saturated heterocycles. The number of sulfonamides is 1. The maximum atomic E-state index is 12.7. The molecule has 182 valence electrons. The Morgan fingerprint density at radius 2 is 1.54 bits per heavy atom. The lowest BCUT2D eigenvalue weighted by Crippen LogP contribution is -2.23. The van der Waals surface area contributed by atoms with E-state index in [1.165, 1.54) is 61.9 Å². The zero-order valence-corrected chi connectivity index (χ0v) is 20.3. The third kappa shape index (κ3) is 6.65. The number of ether oxygens (including phenoxy) is 1. The van der Waals surface area contributed by atoms with Crippen molar-refractivity contribution in [1.29, 1.82) is 0 Å². The van der Waals surface area contributed by atoms with E-state index in [1.807, 2.05) is 42.5 Å². The minimum atomic E-state index is -3.83. The van der Waals surface area contributed by atoms with Gasteiger partial charge in [0.1, 0.15) is 0 Å². The number of hydrogen-bond donors (Lipinski definition) is 1. The van der Waals surface area contributed by atoms with E-state index in [2.05, 4.69) is 4.72 Å². The van der Waals surface area contributed by atoms with Crippen LogP contribution in [0.3, 0.4) is 0 Å². The summed E-state index contributed by atoms with van der Waals surface area (Å²) < 4.78 is 33.0. The lowest BCUT2D eigenvalue weighted by Gasteiger charge is -2.22. The zero-order valence-electron chi connectivity index (χ0n) is 19.5. The van der Waals surface area contributed by atoms with E-state index < -0.39 is 22.6 Å². The maximum Gasteiger partial charge on any atom is 0.338 e. The molecule has 0 amide bonds. The minimum Gasteiger partial charge on any atom is -0.454 e. The van der Waals surface area contributed by atoms with Crippen molar-refractivity contribution in [3.8, 4) is 0 Å². The Hall–Kier alpha value is -3.29. The summed E-state index contributed by atoms with van der Waals surface area (Å²) >= 11 is 0. The van der Waals surface area contributed by atoms with E-state index in [0.29, 0.717) is 11.5 Å². The van der Waals surface area contributed by atoms with Crippen molar-refractivity contribution in [3.05, 3.63) is 101 Å². The Morgan fingerprint density at radius 1 is 0.829 bits per heavy atom. The summed E-state index contributed by atoms with van der Waals surface area (Å²) in [5.74, 6) is -0.504. The van der Waals surface area contributed by atoms with Gasteiger partial charge in [-0.2, -0.15) is 0 Å². The highest BCUT2D eigenvalue weighted by atomic mass is 32.2. The fourth-order valence-corrected chi connectivity index (χ4v) is 5.39. The van der Waals surface area contributed by atoms with Crippen LogP contribution >= 0.6 is 0 Å². The van der Waals surface area contributed by atoms with Gasteiger partial charge in [0.2, 0.25) is 10.0 Å². The SMILES string of the molecule is O=C(COC(=O)c1cccc(S(=O)(=O)NCc2ccccc2)c1)c1ccc(C2CCCCC2)cc1. The predicted octanol–water partition coefficient (Wildman–Crippen LogP) is 5.25. The second-order valence-corrected chi connectivity index (χ2v) is 10.6. The Balaban J connectivity index is 1.34. The van der Waals surface area contributed by atoms with Gasteiger partial charge in [-0.25, -0.2) is 17.9 Å². The topological polar surface area (TPSA) is 89.5 Å². The van der Waals surface area contributed by atoms with Crippen LogP contribution < -0.4 is 4.72 Å². The van der Waals surface area contributed by atoms with E-state index in [0.717, 1.165) is 5.56 Å². The third-order valence-corrected chi connectivity index (χ3v) is 7.73. The van der Waals surface area contributed by atoms with E-state index >= 15 is 0 Å². The average molecular weight is 492 g/mol. The number of hydrogen-bond acceptors (Lipinski definition) is 5. The normalized spacial score (nSPS) is 14.4. The summed E-state index contributed by atoms with van der Waals surface area (Å²) in [4.78, 5) is 25.0. The molecule has 6 nitrogen and oxygen atoms in total. The van der Waals surface area contributed by atoms with Crippen LogP contribution in [0.25, 0.3) is 0 Å². The van der Waals surface area contributed by atoms with Gasteiger partial charge < -0.3 is 4.74 Å². The van der Waals surface area contributed by atoms with Crippen LogP contribution in [0.2, 0.25) is 0 Å². The van der Waals surface area contributed by atoms with Gasteiger partial charge in [0, 0.05) is 12.1 Å². The van der Waals surface area contributed by atoms with Crippen molar-refractivity contribution < 1.29 is 22.7 Å². The first-order chi connectivity index (χ1) is 16.9. The highest BCUT2D eigenvalue weighted by Gasteiger charge is 2.19. The van der Waals surface area contributed by atoms with E-state index in [9.17, 15) is 18.0 Å². The number of carbonyl (C=O) groups is 2. The third-order valence-electron chi connectivity index (χ3n) is 6.33. The summed E-state index contributed by atoms with van der Waals surface area (Å²) in [6, 6.07) is 22.3. The smallest absolute Gasteiger partial charge is 0.338 e. The Bertz CT molecular complexity index is 1260. The molecular weight excluding hydrogens is 462 g/mol. The van der Waals surface area contributed by atoms with Gasteiger partial charge >= 0.3 is 5.97 Å². The second kappa shape index (κ2) is 11.4. The van der Waals surface area contributed by atoms with Gasteiger partial charge in [-0.1, -0.05) is 79.9 Å². The molecule has 3 aromatic carbocycles. The van der Waals surface area contributed by atoms with Crippen molar-refractivity contribution >= 4 is 21.8 Å². The van der Waals surface area contributed by atoms with Crippen LogP contribution in [0.1, 0.15) is 69.9 Å². The van der Waals surface area contributed by atoms with E-state index in [4.69, 9.17) is 4.74 Å². The number of Topliss-reactive ketones (excluding diaryl/α,β-unsaturated/α-hetero) is 1. The van der Waals surface area contributed by atoms with Crippen LogP contribution in [0.15, 0.2) is 83.8 Å². The predicted molar refractivity (Wildman–Crippen MR) is 134 cm³/mol. The van der Waals surface area contributed by atoms with Crippen molar-refractivity contribution in [1.82, 2.24) is 4.72 Å². The lowest BCUT2D eigenvalue weighted by atomic mass is 9.84. The molecule has 0 aliphatic heterocycles. The first-order valence-corrected chi connectivity index (χ1v) is 13.3. The number of esters is 1. The van der Waals surface area contributed by atoms with Crippen molar-refractivity contribution in [3.63, 3.8) is 0 Å². The molecule has 3 aromatic rings. The van der Waals surface area contributed by atoms with Crippen molar-refractivity contribution in [2.45, 2.75) is 49.5 Å². The van der Waals surface area contributed by atoms with E-state index in [-0.39, 0.29) is 22.8 Å². The van der Waals surface area contributed by atoms with Crippen LogP contribution in [0.4, 0.5) is 0 Å². The second-order valence-electron chi connectivity index (χ2n) is 8.79. The Morgan fingerprint density at radius 3 is 2.26 bits per heavy atom.